The summed E-state index contributed by atoms with van der Waals surface area (Å²) in [7, 11) is 0. The molecule has 0 aliphatic rings. The zero-order valence-corrected chi connectivity index (χ0v) is 28.1. The Morgan fingerprint density at radius 2 is 1.06 bits per heavy atom. The van der Waals surface area contributed by atoms with Gasteiger partial charge in [0.25, 0.3) is 0 Å². The predicted molar refractivity (Wildman–Crippen MR) is 216 cm³/mol. The molecule has 0 spiro atoms. The van der Waals surface area contributed by atoms with Gasteiger partial charge in [-0.25, -0.2) is 0 Å². The van der Waals surface area contributed by atoms with Crippen molar-refractivity contribution in [3.63, 3.8) is 0 Å². The molecule has 0 bridgehead atoms. The molecule has 0 saturated heterocycles. The molecule has 0 saturated carbocycles. The van der Waals surface area contributed by atoms with E-state index in [1.54, 1.807) is 0 Å². The highest BCUT2D eigenvalue weighted by molar-refractivity contribution is 6.32. The number of fused-ring (bicyclic) bond motifs is 13. The smallest absolute Gasteiger partial charge is 0.101 e. The van der Waals surface area contributed by atoms with E-state index in [-0.39, 0.29) is 0 Å². The van der Waals surface area contributed by atoms with Gasteiger partial charge in [0.1, 0.15) is 6.07 Å². The average Bonchev–Trinajstić information content (AvgIpc) is 3.72. The van der Waals surface area contributed by atoms with Crippen molar-refractivity contribution >= 4 is 82.0 Å². The Morgan fingerprint density at radius 3 is 1.73 bits per heavy atom. The quantitative estimate of drug-likeness (QED) is 0.138. The third-order valence-corrected chi connectivity index (χ3v) is 10.7. The van der Waals surface area contributed by atoms with E-state index in [2.05, 4.69) is 174 Å². The normalized spacial score (nSPS) is 12.0. The molecule has 0 aliphatic carbocycles. The van der Waals surface area contributed by atoms with Crippen molar-refractivity contribution < 1.29 is 0 Å². The molecule has 3 nitrogen and oxygen atoms in total. The Balaban J connectivity index is 1.33. The van der Waals surface area contributed by atoms with Crippen LogP contribution in [0.1, 0.15) is 16.7 Å². The van der Waals surface area contributed by atoms with E-state index in [1.165, 1.54) is 48.7 Å². The second-order valence-corrected chi connectivity index (χ2v) is 13.2. The third kappa shape index (κ3) is 3.99. The Labute approximate surface area is 294 Å². The number of allylic oxidation sites excluding steroid dienone is 2. The Kier molecular flexibility index (Phi) is 6.31. The Morgan fingerprint density at radius 1 is 0.549 bits per heavy atom. The number of aromatic nitrogens is 2. The van der Waals surface area contributed by atoms with E-state index < -0.39 is 0 Å². The van der Waals surface area contributed by atoms with E-state index in [0.717, 1.165) is 49.8 Å². The van der Waals surface area contributed by atoms with Crippen LogP contribution in [0, 0.1) is 18.3 Å². The van der Waals surface area contributed by atoms with Gasteiger partial charge in [0.15, 0.2) is 0 Å². The van der Waals surface area contributed by atoms with Crippen molar-refractivity contribution in [3.05, 3.63) is 175 Å². The van der Waals surface area contributed by atoms with Gasteiger partial charge in [-0.1, -0.05) is 134 Å². The highest BCUT2D eigenvalue weighted by Gasteiger charge is 2.23. The molecule has 2 aromatic heterocycles. The molecule has 2 heterocycles. The Hall–Kier alpha value is -6.89. The molecule has 0 atom stereocenters. The Bertz CT molecular complexity index is 3180. The number of hydrogen-bond acceptors (Lipinski definition) is 1. The minimum absolute atomic E-state index is 0.610. The summed E-state index contributed by atoms with van der Waals surface area (Å²) in [5.74, 6) is 0. The minimum Gasteiger partial charge on any atom is -0.309 e. The highest BCUT2D eigenvalue weighted by Crippen LogP contribution is 2.44. The summed E-state index contributed by atoms with van der Waals surface area (Å²) in [6.45, 7) is 6.15. The summed E-state index contributed by atoms with van der Waals surface area (Å²) in [6, 6.07) is 52.2. The zero-order valence-electron chi connectivity index (χ0n) is 28.1. The number of nitrogens with zero attached hydrogens (tertiary/aromatic N) is 3. The van der Waals surface area contributed by atoms with Crippen molar-refractivity contribution in [2.45, 2.75) is 6.92 Å². The molecule has 0 N–H and O–H groups in total. The molecular weight excluding hydrogens is 619 g/mol. The first-order valence-corrected chi connectivity index (χ1v) is 17.3. The van der Waals surface area contributed by atoms with Crippen molar-refractivity contribution in [3.8, 4) is 17.4 Å². The zero-order chi connectivity index (χ0) is 34.2. The van der Waals surface area contributed by atoms with Crippen LogP contribution in [-0.2, 0) is 0 Å². The number of rotatable bonds is 4. The topological polar surface area (TPSA) is 33.6 Å². The molecular formula is C48H31N3. The summed E-state index contributed by atoms with van der Waals surface area (Å²) < 4.78 is 4.65. The van der Waals surface area contributed by atoms with Gasteiger partial charge in [0.05, 0.1) is 33.3 Å². The molecule has 10 aromatic rings. The van der Waals surface area contributed by atoms with E-state index in [0.29, 0.717) is 5.56 Å². The lowest BCUT2D eigenvalue weighted by molar-refractivity contribution is 1.14. The lowest BCUT2D eigenvalue weighted by Gasteiger charge is -2.16. The lowest BCUT2D eigenvalue weighted by atomic mass is 9.94. The van der Waals surface area contributed by atoms with E-state index in [1.807, 2.05) is 12.2 Å². The van der Waals surface area contributed by atoms with Gasteiger partial charge in [-0.05, 0) is 69.9 Å². The van der Waals surface area contributed by atoms with E-state index in [4.69, 9.17) is 0 Å². The fourth-order valence-corrected chi connectivity index (χ4v) is 8.58. The molecule has 10 rings (SSSR count). The van der Waals surface area contributed by atoms with Crippen LogP contribution in [0.25, 0.3) is 93.4 Å². The molecule has 238 valence electrons. The number of nitriles is 1. The van der Waals surface area contributed by atoms with Crippen molar-refractivity contribution in [1.82, 2.24) is 9.13 Å². The maximum absolute atomic E-state index is 11.0. The first-order valence-electron chi connectivity index (χ1n) is 17.3. The molecule has 0 amide bonds. The molecule has 8 aromatic carbocycles. The SMILES string of the molecule is C=C/C=C\c1c(C)c2ccccc2c2c1c1ccccc1n2-c1ccc(-n2c3ccccc3c3c4ccccc4c4ccccc4c32)cc1C#N. The van der Waals surface area contributed by atoms with Crippen LogP contribution in [0.3, 0.4) is 0 Å². The van der Waals surface area contributed by atoms with Gasteiger partial charge in [0, 0.05) is 38.0 Å². The van der Waals surface area contributed by atoms with Crippen LogP contribution in [0.4, 0.5) is 0 Å². The summed E-state index contributed by atoms with van der Waals surface area (Å²) >= 11 is 0. The van der Waals surface area contributed by atoms with E-state index in [9.17, 15) is 5.26 Å². The lowest BCUT2D eigenvalue weighted by Crippen LogP contribution is -2.02. The van der Waals surface area contributed by atoms with Gasteiger partial charge in [-0.2, -0.15) is 5.26 Å². The number of aryl methyl sites for hydroxylation is 1. The van der Waals surface area contributed by atoms with E-state index >= 15 is 0 Å². The summed E-state index contributed by atoms with van der Waals surface area (Å²) in [4.78, 5) is 0. The second kappa shape index (κ2) is 11.1. The van der Waals surface area contributed by atoms with Crippen LogP contribution in [0.5, 0.6) is 0 Å². The molecule has 3 heteroatoms. The predicted octanol–water partition coefficient (Wildman–Crippen LogP) is 12.7. The maximum Gasteiger partial charge on any atom is 0.101 e. The molecule has 0 aliphatic heterocycles. The number of hydrogen-bond donors (Lipinski definition) is 0. The van der Waals surface area contributed by atoms with Crippen LogP contribution < -0.4 is 0 Å². The molecule has 0 fully saturated rings. The summed E-state index contributed by atoms with van der Waals surface area (Å²) in [5, 5.41) is 22.9. The summed E-state index contributed by atoms with van der Waals surface area (Å²) in [6.07, 6.45) is 6.00. The van der Waals surface area contributed by atoms with Gasteiger partial charge in [-0.15, -0.1) is 0 Å². The number of benzene rings is 8. The van der Waals surface area contributed by atoms with Crippen molar-refractivity contribution in [1.29, 1.82) is 5.26 Å². The maximum atomic E-state index is 11.0. The fourth-order valence-electron chi connectivity index (χ4n) is 8.58. The third-order valence-electron chi connectivity index (χ3n) is 10.7. The van der Waals surface area contributed by atoms with Crippen LogP contribution in [-0.4, -0.2) is 9.13 Å². The second-order valence-electron chi connectivity index (χ2n) is 13.2. The van der Waals surface area contributed by atoms with Crippen molar-refractivity contribution in [2.75, 3.05) is 0 Å². The molecule has 51 heavy (non-hydrogen) atoms. The first kappa shape index (κ1) is 29.1. The number of para-hydroxylation sites is 2. The van der Waals surface area contributed by atoms with Crippen LogP contribution in [0.15, 0.2) is 158 Å². The summed E-state index contributed by atoms with van der Waals surface area (Å²) in [5.41, 5.74) is 9.24. The van der Waals surface area contributed by atoms with Gasteiger partial charge in [-0.3, -0.25) is 0 Å². The van der Waals surface area contributed by atoms with Crippen LogP contribution in [0.2, 0.25) is 0 Å². The fraction of sp³-hybridized carbons (Fsp3) is 0.0208. The van der Waals surface area contributed by atoms with Crippen molar-refractivity contribution in [2.24, 2.45) is 0 Å². The van der Waals surface area contributed by atoms with Crippen LogP contribution >= 0.6 is 0 Å². The average molecular weight is 650 g/mol. The van der Waals surface area contributed by atoms with Gasteiger partial charge in [0.2, 0.25) is 0 Å². The first-order chi connectivity index (χ1) is 25.2. The monoisotopic (exact) mass is 649 g/mol. The molecule has 0 radical (unpaired) electrons. The minimum atomic E-state index is 0.610. The van der Waals surface area contributed by atoms with Gasteiger partial charge < -0.3 is 9.13 Å². The molecule has 0 unspecified atom stereocenters. The standard InChI is InChI=1S/C48H31N3/c1-3-4-15-34-30(2)33-16-5-9-20-38(33)48-45(34)41-23-12-14-25-44(41)51(48)42-27-26-32(28-31(42)29-49)50-43-24-13-11-22-40(43)46-37-19-8-6-17-35(37)36-18-7-10-21-39(36)47(46)50/h3-28H,1H2,2H3/b15-4-. The van der Waals surface area contributed by atoms with Gasteiger partial charge >= 0.3 is 0 Å². The highest BCUT2D eigenvalue weighted by atomic mass is 15.0. The largest absolute Gasteiger partial charge is 0.309 e.